The molecule has 1 amide bonds. The molecule has 1 aliphatic rings. The summed E-state index contributed by atoms with van der Waals surface area (Å²) in [5, 5.41) is 8.99. The van der Waals surface area contributed by atoms with Crippen LogP contribution in [-0.4, -0.2) is 23.4 Å². The van der Waals surface area contributed by atoms with Gasteiger partial charge >= 0.3 is 0 Å². The van der Waals surface area contributed by atoms with Crippen LogP contribution in [0, 0.1) is 17.1 Å². The van der Waals surface area contributed by atoms with Gasteiger partial charge in [-0.1, -0.05) is 6.07 Å². The van der Waals surface area contributed by atoms with Gasteiger partial charge in [0.15, 0.2) is 0 Å². The molecule has 1 heterocycles. The number of amides is 1. The topological polar surface area (TPSA) is 44.1 Å². The number of likely N-dealkylation sites (tertiary alicyclic amines) is 1. The number of hydrogen-bond donors (Lipinski definition) is 0. The van der Waals surface area contributed by atoms with Gasteiger partial charge in [0.05, 0.1) is 6.07 Å². The third-order valence-electron chi connectivity index (χ3n) is 2.98. The summed E-state index contributed by atoms with van der Waals surface area (Å²) >= 11 is 0. The van der Waals surface area contributed by atoms with Crippen LogP contribution in [0.1, 0.15) is 29.6 Å². The standard InChI is InChI=1S/C13H13FN2O/c14-11-5-3-4-10(8-11)13(17)16-7-2-1-6-12(16)9-15/h3-5,8,12H,1-2,6-7H2. The summed E-state index contributed by atoms with van der Waals surface area (Å²) in [7, 11) is 0. The van der Waals surface area contributed by atoms with E-state index in [1.54, 1.807) is 6.07 Å². The van der Waals surface area contributed by atoms with Crippen LogP contribution in [0.5, 0.6) is 0 Å². The normalized spacial score (nSPS) is 19.8. The fourth-order valence-corrected chi connectivity index (χ4v) is 2.10. The molecular weight excluding hydrogens is 219 g/mol. The fraction of sp³-hybridized carbons (Fsp3) is 0.385. The number of hydrogen-bond acceptors (Lipinski definition) is 2. The van der Waals surface area contributed by atoms with Crippen molar-refractivity contribution in [3.8, 4) is 6.07 Å². The predicted octanol–water partition coefficient (Wildman–Crippen LogP) is 2.34. The maximum atomic E-state index is 13.0. The highest BCUT2D eigenvalue weighted by Crippen LogP contribution is 2.19. The van der Waals surface area contributed by atoms with Gasteiger partial charge in [-0.25, -0.2) is 4.39 Å². The van der Waals surface area contributed by atoms with E-state index in [2.05, 4.69) is 6.07 Å². The van der Waals surface area contributed by atoms with Crippen LogP contribution < -0.4 is 0 Å². The van der Waals surface area contributed by atoms with Crippen molar-refractivity contribution in [2.75, 3.05) is 6.54 Å². The van der Waals surface area contributed by atoms with Gasteiger partial charge in [-0.15, -0.1) is 0 Å². The quantitative estimate of drug-likeness (QED) is 0.746. The van der Waals surface area contributed by atoms with E-state index in [0.717, 1.165) is 12.8 Å². The van der Waals surface area contributed by atoms with Crippen LogP contribution in [0.3, 0.4) is 0 Å². The first-order valence-electron chi connectivity index (χ1n) is 5.68. The summed E-state index contributed by atoms with van der Waals surface area (Å²) in [6, 6.07) is 7.35. The molecule has 0 N–H and O–H groups in total. The van der Waals surface area contributed by atoms with E-state index < -0.39 is 5.82 Å². The SMILES string of the molecule is N#CC1CCCCN1C(=O)c1cccc(F)c1. The smallest absolute Gasteiger partial charge is 0.255 e. The Balaban J connectivity index is 2.22. The highest BCUT2D eigenvalue weighted by Gasteiger charge is 2.27. The largest absolute Gasteiger partial charge is 0.323 e. The number of nitriles is 1. The molecule has 0 aromatic heterocycles. The molecule has 0 spiro atoms. The van der Waals surface area contributed by atoms with Crippen molar-refractivity contribution in [1.82, 2.24) is 4.90 Å². The van der Waals surface area contributed by atoms with Gasteiger partial charge in [-0.05, 0) is 37.5 Å². The van der Waals surface area contributed by atoms with E-state index in [-0.39, 0.29) is 11.9 Å². The molecule has 1 saturated heterocycles. The highest BCUT2D eigenvalue weighted by molar-refractivity contribution is 5.94. The summed E-state index contributed by atoms with van der Waals surface area (Å²) in [5.41, 5.74) is 0.312. The van der Waals surface area contributed by atoms with Crippen molar-refractivity contribution < 1.29 is 9.18 Å². The Hall–Kier alpha value is -1.89. The first-order valence-corrected chi connectivity index (χ1v) is 5.68. The second-order valence-corrected chi connectivity index (χ2v) is 4.15. The predicted molar refractivity (Wildman–Crippen MR) is 60.7 cm³/mol. The minimum atomic E-state index is -0.429. The van der Waals surface area contributed by atoms with E-state index >= 15 is 0 Å². The molecule has 0 saturated carbocycles. The molecule has 1 aromatic rings. The summed E-state index contributed by atoms with van der Waals surface area (Å²) in [6.07, 6.45) is 2.57. The summed E-state index contributed by atoms with van der Waals surface area (Å²) in [6.45, 7) is 0.577. The summed E-state index contributed by atoms with van der Waals surface area (Å²) in [5.74, 6) is -0.683. The molecular formula is C13H13FN2O. The van der Waals surface area contributed by atoms with E-state index in [4.69, 9.17) is 5.26 Å². The molecule has 1 fully saturated rings. The molecule has 0 radical (unpaired) electrons. The van der Waals surface area contributed by atoms with E-state index in [1.165, 1.54) is 23.1 Å². The molecule has 1 aliphatic heterocycles. The molecule has 1 aromatic carbocycles. The van der Waals surface area contributed by atoms with Crippen molar-refractivity contribution in [2.24, 2.45) is 0 Å². The minimum absolute atomic E-state index is 0.254. The molecule has 1 unspecified atom stereocenters. The average Bonchev–Trinajstić information content (AvgIpc) is 2.38. The van der Waals surface area contributed by atoms with Crippen LogP contribution in [0.4, 0.5) is 4.39 Å². The number of benzene rings is 1. The molecule has 4 heteroatoms. The van der Waals surface area contributed by atoms with Crippen molar-refractivity contribution in [2.45, 2.75) is 25.3 Å². The fourth-order valence-electron chi connectivity index (χ4n) is 2.10. The van der Waals surface area contributed by atoms with Gasteiger partial charge in [0.2, 0.25) is 0 Å². The van der Waals surface area contributed by atoms with E-state index in [0.29, 0.717) is 18.5 Å². The molecule has 2 rings (SSSR count). The van der Waals surface area contributed by atoms with Gasteiger partial charge in [0.1, 0.15) is 11.9 Å². The maximum absolute atomic E-state index is 13.0. The van der Waals surface area contributed by atoms with Crippen molar-refractivity contribution in [1.29, 1.82) is 5.26 Å². The molecule has 88 valence electrons. The lowest BCUT2D eigenvalue weighted by molar-refractivity contribution is 0.0670. The zero-order chi connectivity index (χ0) is 12.3. The second-order valence-electron chi connectivity index (χ2n) is 4.15. The molecule has 0 aliphatic carbocycles. The molecule has 1 atom stereocenters. The van der Waals surface area contributed by atoms with E-state index in [9.17, 15) is 9.18 Å². The lowest BCUT2D eigenvalue weighted by atomic mass is 10.0. The van der Waals surface area contributed by atoms with Gasteiger partial charge in [-0.2, -0.15) is 5.26 Å². The number of piperidine rings is 1. The lowest BCUT2D eigenvalue weighted by Gasteiger charge is -2.31. The monoisotopic (exact) mass is 232 g/mol. The van der Waals surface area contributed by atoms with Crippen LogP contribution in [0.2, 0.25) is 0 Å². The molecule has 0 bridgehead atoms. The number of halogens is 1. The number of carbonyl (C=O) groups excluding carboxylic acids is 1. The van der Waals surface area contributed by atoms with Crippen LogP contribution >= 0.6 is 0 Å². The van der Waals surface area contributed by atoms with Gasteiger partial charge in [0, 0.05) is 12.1 Å². The van der Waals surface area contributed by atoms with Crippen molar-refractivity contribution in [3.63, 3.8) is 0 Å². The zero-order valence-corrected chi connectivity index (χ0v) is 9.40. The lowest BCUT2D eigenvalue weighted by Crippen LogP contribution is -2.42. The Morgan fingerprint density at radius 3 is 3.00 bits per heavy atom. The minimum Gasteiger partial charge on any atom is -0.323 e. The first-order chi connectivity index (χ1) is 8.22. The van der Waals surface area contributed by atoms with Crippen molar-refractivity contribution >= 4 is 5.91 Å². The molecule has 17 heavy (non-hydrogen) atoms. The third-order valence-corrected chi connectivity index (χ3v) is 2.98. The maximum Gasteiger partial charge on any atom is 0.255 e. The van der Waals surface area contributed by atoms with Crippen LogP contribution in [0.25, 0.3) is 0 Å². The van der Waals surface area contributed by atoms with Gasteiger partial charge < -0.3 is 4.90 Å². The van der Waals surface area contributed by atoms with Crippen LogP contribution in [-0.2, 0) is 0 Å². The van der Waals surface area contributed by atoms with Gasteiger partial charge in [-0.3, -0.25) is 4.79 Å². The first kappa shape index (κ1) is 11.6. The Bertz CT molecular complexity index is 467. The van der Waals surface area contributed by atoms with Crippen LogP contribution in [0.15, 0.2) is 24.3 Å². The Morgan fingerprint density at radius 1 is 1.47 bits per heavy atom. The number of carbonyl (C=O) groups is 1. The second kappa shape index (κ2) is 4.96. The third kappa shape index (κ3) is 2.44. The number of nitrogens with zero attached hydrogens (tertiary/aromatic N) is 2. The van der Waals surface area contributed by atoms with Crippen molar-refractivity contribution in [3.05, 3.63) is 35.6 Å². The highest BCUT2D eigenvalue weighted by atomic mass is 19.1. The average molecular weight is 232 g/mol. The van der Waals surface area contributed by atoms with Gasteiger partial charge in [0.25, 0.3) is 5.91 Å². The zero-order valence-electron chi connectivity index (χ0n) is 9.40. The molecule has 3 nitrogen and oxygen atoms in total. The summed E-state index contributed by atoms with van der Waals surface area (Å²) in [4.78, 5) is 13.7. The Morgan fingerprint density at radius 2 is 2.29 bits per heavy atom. The summed E-state index contributed by atoms with van der Waals surface area (Å²) < 4.78 is 13.0. The number of rotatable bonds is 1. The Kier molecular flexibility index (Phi) is 3.38. The van der Waals surface area contributed by atoms with E-state index in [1.807, 2.05) is 0 Å². The Labute approximate surface area is 99.5 Å².